The van der Waals surface area contributed by atoms with Crippen LogP contribution in [0.5, 0.6) is 23.5 Å². The first-order valence-corrected chi connectivity index (χ1v) is 7.86. The smallest absolute Gasteiger partial charge is 0.328 e. The van der Waals surface area contributed by atoms with Gasteiger partial charge in [-0.05, 0) is 24.3 Å². The lowest BCUT2D eigenvalue weighted by molar-refractivity contribution is 0.348. The summed E-state index contributed by atoms with van der Waals surface area (Å²) in [6.07, 6.45) is 1.67. The van der Waals surface area contributed by atoms with Gasteiger partial charge in [-0.1, -0.05) is 30.3 Å². The minimum atomic E-state index is 0.123. The number of nitrogens with one attached hydrogen (secondary N) is 1. The molecule has 3 rings (SSSR count). The topological polar surface area (TPSA) is 77.9 Å². The zero-order valence-electron chi connectivity index (χ0n) is 14.4. The van der Waals surface area contributed by atoms with E-state index in [9.17, 15) is 0 Å². The number of benzene rings is 2. The molecule has 0 fully saturated rings. The fourth-order valence-electron chi connectivity index (χ4n) is 2.11. The molecule has 0 aliphatic carbocycles. The number of methoxy groups -OCH3 is 2. The maximum atomic E-state index is 5.80. The highest BCUT2D eigenvalue weighted by molar-refractivity contribution is 5.84. The predicted octanol–water partition coefficient (Wildman–Crippen LogP) is 3.73. The maximum Gasteiger partial charge on any atom is 0.328 e. The molecule has 2 aromatic carbocycles. The fraction of sp³-hybridized carbons (Fsp3) is 0.105. The molecule has 0 atom stereocenters. The number of anilines is 1. The van der Waals surface area contributed by atoms with E-state index < -0.39 is 0 Å². The van der Waals surface area contributed by atoms with Crippen molar-refractivity contribution in [3.05, 3.63) is 66.2 Å². The van der Waals surface area contributed by atoms with Crippen LogP contribution in [0, 0.1) is 0 Å². The number of hydrazone groups is 1. The van der Waals surface area contributed by atoms with Gasteiger partial charge in [0.25, 0.3) is 0 Å². The molecule has 7 heteroatoms. The normalized spacial score (nSPS) is 10.5. The zero-order chi connectivity index (χ0) is 18.2. The Kier molecular flexibility index (Phi) is 5.61. The third-order valence-corrected chi connectivity index (χ3v) is 3.37. The number of aromatic nitrogens is 2. The summed E-state index contributed by atoms with van der Waals surface area (Å²) in [6, 6.07) is 18.8. The molecule has 132 valence electrons. The number of para-hydroxylation sites is 2. The van der Waals surface area contributed by atoms with Gasteiger partial charge >= 0.3 is 6.01 Å². The van der Waals surface area contributed by atoms with Crippen molar-refractivity contribution in [3.8, 4) is 23.5 Å². The van der Waals surface area contributed by atoms with Gasteiger partial charge in [0.1, 0.15) is 5.75 Å². The van der Waals surface area contributed by atoms with Gasteiger partial charge in [-0.15, -0.1) is 0 Å². The summed E-state index contributed by atoms with van der Waals surface area (Å²) >= 11 is 0. The lowest BCUT2D eigenvalue weighted by atomic mass is 10.2. The number of ether oxygens (including phenoxy) is 3. The first-order valence-electron chi connectivity index (χ1n) is 7.86. The van der Waals surface area contributed by atoms with Crippen LogP contribution < -0.4 is 19.6 Å². The standard InChI is InChI=1S/C19H18N4O3/c1-24-17-12-18(25-2)22-19(21-17)26-16-11-7-6-8-14(16)13-20-23-15-9-4-3-5-10-15/h3-13,23H,1-2H3/b20-13+. The molecule has 0 radical (unpaired) electrons. The van der Waals surface area contributed by atoms with Crippen LogP contribution in [0.15, 0.2) is 65.8 Å². The molecule has 7 nitrogen and oxygen atoms in total. The van der Waals surface area contributed by atoms with E-state index in [0.29, 0.717) is 17.5 Å². The summed E-state index contributed by atoms with van der Waals surface area (Å²) in [4.78, 5) is 8.34. The van der Waals surface area contributed by atoms with E-state index in [2.05, 4.69) is 20.5 Å². The average molecular weight is 350 g/mol. The largest absolute Gasteiger partial charge is 0.481 e. The number of nitrogens with zero attached hydrogens (tertiary/aromatic N) is 3. The van der Waals surface area contributed by atoms with Gasteiger partial charge in [0.05, 0.1) is 32.2 Å². The van der Waals surface area contributed by atoms with E-state index >= 15 is 0 Å². The van der Waals surface area contributed by atoms with Crippen LogP contribution in [-0.4, -0.2) is 30.4 Å². The third-order valence-electron chi connectivity index (χ3n) is 3.37. The molecule has 0 aliphatic heterocycles. The molecule has 3 aromatic rings. The SMILES string of the molecule is COc1cc(OC)nc(Oc2ccccc2/C=N/Nc2ccccc2)n1. The second-order valence-corrected chi connectivity index (χ2v) is 5.11. The molecular formula is C19H18N4O3. The van der Waals surface area contributed by atoms with E-state index in [1.807, 2.05) is 48.5 Å². The minimum Gasteiger partial charge on any atom is -0.481 e. The highest BCUT2D eigenvalue weighted by Gasteiger charge is 2.09. The Morgan fingerprint density at radius 1 is 0.885 bits per heavy atom. The molecule has 26 heavy (non-hydrogen) atoms. The molecule has 0 unspecified atom stereocenters. The lowest BCUT2D eigenvalue weighted by Gasteiger charge is -2.09. The van der Waals surface area contributed by atoms with Crippen molar-refractivity contribution in [3.63, 3.8) is 0 Å². The Morgan fingerprint density at radius 2 is 1.54 bits per heavy atom. The molecule has 0 aliphatic rings. The lowest BCUT2D eigenvalue weighted by Crippen LogP contribution is -1.99. The van der Waals surface area contributed by atoms with E-state index in [4.69, 9.17) is 14.2 Å². The summed E-state index contributed by atoms with van der Waals surface area (Å²) in [5.41, 5.74) is 4.62. The summed E-state index contributed by atoms with van der Waals surface area (Å²) in [6.45, 7) is 0. The maximum absolute atomic E-state index is 5.80. The second-order valence-electron chi connectivity index (χ2n) is 5.11. The van der Waals surface area contributed by atoms with Crippen LogP contribution in [0.4, 0.5) is 5.69 Å². The number of rotatable bonds is 7. The van der Waals surface area contributed by atoms with Crippen LogP contribution in [0.25, 0.3) is 0 Å². The highest BCUT2D eigenvalue weighted by Crippen LogP contribution is 2.25. The summed E-state index contributed by atoms with van der Waals surface area (Å²) in [5.74, 6) is 1.26. The van der Waals surface area contributed by atoms with Crippen molar-refractivity contribution >= 4 is 11.9 Å². The Bertz CT molecular complexity index is 863. The van der Waals surface area contributed by atoms with Crippen LogP contribution in [-0.2, 0) is 0 Å². The van der Waals surface area contributed by atoms with Gasteiger partial charge in [0, 0.05) is 5.56 Å². The van der Waals surface area contributed by atoms with Crippen LogP contribution >= 0.6 is 0 Å². The van der Waals surface area contributed by atoms with Gasteiger partial charge < -0.3 is 14.2 Å². The van der Waals surface area contributed by atoms with Crippen molar-refractivity contribution < 1.29 is 14.2 Å². The van der Waals surface area contributed by atoms with Gasteiger partial charge in [-0.25, -0.2) is 0 Å². The molecule has 1 aromatic heterocycles. The summed E-state index contributed by atoms with van der Waals surface area (Å²) in [5, 5.41) is 4.24. The Hall–Kier alpha value is -3.61. The molecule has 0 bridgehead atoms. The predicted molar refractivity (Wildman–Crippen MR) is 99.3 cm³/mol. The van der Waals surface area contributed by atoms with Gasteiger partial charge in [0.2, 0.25) is 11.8 Å². The van der Waals surface area contributed by atoms with Crippen molar-refractivity contribution in [2.75, 3.05) is 19.6 Å². The van der Waals surface area contributed by atoms with Gasteiger partial charge in [0.15, 0.2) is 0 Å². The van der Waals surface area contributed by atoms with E-state index in [0.717, 1.165) is 11.3 Å². The monoisotopic (exact) mass is 350 g/mol. The van der Waals surface area contributed by atoms with Gasteiger partial charge in [-0.3, -0.25) is 5.43 Å². The van der Waals surface area contributed by atoms with Crippen molar-refractivity contribution in [2.24, 2.45) is 5.10 Å². The number of hydrogen-bond acceptors (Lipinski definition) is 7. The molecule has 0 saturated carbocycles. The third kappa shape index (κ3) is 4.47. The van der Waals surface area contributed by atoms with E-state index in [1.54, 1.807) is 18.3 Å². The highest BCUT2D eigenvalue weighted by atomic mass is 16.5. The molecule has 1 heterocycles. The number of hydrogen-bond donors (Lipinski definition) is 1. The summed E-state index contributed by atoms with van der Waals surface area (Å²) in [7, 11) is 3.03. The zero-order valence-corrected chi connectivity index (χ0v) is 14.4. The van der Waals surface area contributed by atoms with Crippen molar-refractivity contribution in [2.45, 2.75) is 0 Å². The first kappa shape index (κ1) is 17.2. The average Bonchev–Trinajstić information content (AvgIpc) is 2.69. The Labute approximate surface area is 151 Å². The van der Waals surface area contributed by atoms with E-state index in [-0.39, 0.29) is 6.01 Å². The Balaban J connectivity index is 1.79. The molecule has 0 amide bonds. The minimum absolute atomic E-state index is 0.123. The van der Waals surface area contributed by atoms with Gasteiger partial charge in [-0.2, -0.15) is 15.1 Å². The van der Waals surface area contributed by atoms with Crippen molar-refractivity contribution in [1.29, 1.82) is 0 Å². The molecular weight excluding hydrogens is 332 g/mol. The van der Waals surface area contributed by atoms with E-state index in [1.165, 1.54) is 14.2 Å². The fourth-order valence-corrected chi connectivity index (χ4v) is 2.11. The van der Waals surface area contributed by atoms with Crippen LogP contribution in [0.1, 0.15) is 5.56 Å². The Morgan fingerprint density at radius 3 is 2.23 bits per heavy atom. The summed E-state index contributed by atoms with van der Waals surface area (Å²) < 4.78 is 16.1. The van der Waals surface area contributed by atoms with Crippen LogP contribution in [0.2, 0.25) is 0 Å². The second kappa shape index (κ2) is 8.48. The quantitative estimate of drug-likeness (QED) is 0.517. The van der Waals surface area contributed by atoms with Crippen LogP contribution in [0.3, 0.4) is 0 Å². The van der Waals surface area contributed by atoms with Crippen molar-refractivity contribution in [1.82, 2.24) is 9.97 Å². The first-order chi connectivity index (χ1) is 12.8. The molecule has 0 spiro atoms. The molecule has 0 saturated heterocycles. The molecule has 1 N–H and O–H groups in total.